The first-order valence-corrected chi connectivity index (χ1v) is 6.02. The van der Waals surface area contributed by atoms with Crippen LogP contribution < -0.4 is 0 Å². The molecule has 1 aliphatic carbocycles. The topological polar surface area (TPSA) is 17.1 Å². The first kappa shape index (κ1) is 11.7. The van der Waals surface area contributed by atoms with Gasteiger partial charge in [0.05, 0.1) is 0 Å². The maximum absolute atomic E-state index is 10.2. The second kappa shape index (κ2) is 4.95. The summed E-state index contributed by atoms with van der Waals surface area (Å²) in [7, 11) is 0. The lowest BCUT2D eigenvalue weighted by atomic mass is 9.74. The highest BCUT2D eigenvalue weighted by molar-refractivity contribution is 5.48. The molecule has 0 N–H and O–H groups in total. The minimum absolute atomic E-state index is 0.529. The van der Waals surface area contributed by atoms with E-state index in [0.717, 1.165) is 31.0 Å². The van der Waals surface area contributed by atoms with Crippen LogP contribution >= 0.6 is 0 Å². The highest BCUT2D eigenvalue weighted by atomic mass is 16.1. The molecule has 0 saturated heterocycles. The van der Waals surface area contributed by atoms with Crippen LogP contribution in [0.2, 0.25) is 0 Å². The lowest BCUT2D eigenvalue weighted by Gasteiger charge is -2.31. The Hall–Kier alpha value is -0.330. The lowest BCUT2D eigenvalue weighted by Crippen LogP contribution is -2.23. The van der Waals surface area contributed by atoms with Gasteiger partial charge in [-0.25, -0.2) is 0 Å². The van der Waals surface area contributed by atoms with Crippen LogP contribution in [0.5, 0.6) is 0 Å². The maximum Gasteiger partial charge on any atom is 0.119 e. The van der Waals surface area contributed by atoms with E-state index in [1.807, 2.05) is 0 Å². The second-order valence-corrected chi connectivity index (χ2v) is 5.45. The number of rotatable bonds is 5. The standard InChI is InChI=1S/C13H24O/c1-11-8-9-12(13(11,2)3)7-5-4-6-10-14/h10-12H,4-9H2,1-3H3/t11?,12-/m1/s1. The fourth-order valence-corrected chi connectivity index (χ4v) is 2.73. The Bertz CT molecular complexity index is 184. The van der Waals surface area contributed by atoms with Gasteiger partial charge in [0.15, 0.2) is 0 Å². The van der Waals surface area contributed by atoms with E-state index in [2.05, 4.69) is 20.8 Å². The van der Waals surface area contributed by atoms with Gasteiger partial charge >= 0.3 is 0 Å². The third-order valence-corrected chi connectivity index (χ3v) is 4.40. The summed E-state index contributed by atoms with van der Waals surface area (Å²) in [6.07, 6.45) is 8.24. The zero-order chi connectivity index (χ0) is 10.6. The average molecular weight is 196 g/mol. The molecule has 0 radical (unpaired) electrons. The minimum Gasteiger partial charge on any atom is -0.303 e. The van der Waals surface area contributed by atoms with E-state index in [1.165, 1.54) is 25.7 Å². The molecule has 0 bridgehead atoms. The van der Waals surface area contributed by atoms with Crippen LogP contribution in [0.1, 0.15) is 59.3 Å². The molecule has 1 fully saturated rings. The van der Waals surface area contributed by atoms with E-state index >= 15 is 0 Å². The van der Waals surface area contributed by atoms with Gasteiger partial charge in [0.1, 0.15) is 6.29 Å². The minimum atomic E-state index is 0.529. The van der Waals surface area contributed by atoms with Gasteiger partial charge in [-0.3, -0.25) is 0 Å². The van der Waals surface area contributed by atoms with Crippen LogP contribution in [0, 0.1) is 17.3 Å². The molecular weight excluding hydrogens is 172 g/mol. The van der Waals surface area contributed by atoms with Crippen molar-refractivity contribution >= 4 is 6.29 Å². The predicted molar refractivity (Wildman–Crippen MR) is 60.2 cm³/mol. The monoisotopic (exact) mass is 196 g/mol. The number of hydrogen-bond donors (Lipinski definition) is 0. The average Bonchev–Trinajstić information content (AvgIpc) is 2.38. The van der Waals surface area contributed by atoms with Crippen molar-refractivity contribution in [3.05, 3.63) is 0 Å². The van der Waals surface area contributed by atoms with Crippen LogP contribution in [-0.2, 0) is 4.79 Å². The summed E-state index contributed by atoms with van der Waals surface area (Å²) in [5, 5.41) is 0. The van der Waals surface area contributed by atoms with Gasteiger partial charge in [-0.1, -0.05) is 27.2 Å². The Morgan fingerprint density at radius 1 is 1.29 bits per heavy atom. The van der Waals surface area contributed by atoms with Gasteiger partial charge in [-0.05, 0) is 42.9 Å². The summed E-state index contributed by atoms with van der Waals surface area (Å²) in [4.78, 5) is 10.2. The summed E-state index contributed by atoms with van der Waals surface area (Å²) < 4.78 is 0. The lowest BCUT2D eigenvalue weighted by molar-refractivity contribution is -0.107. The third-order valence-electron chi connectivity index (χ3n) is 4.40. The molecule has 14 heavy (non-hydrogen) atoms. The fourth-order valence-electron chi connectivity index (χ4n) is 2.73. The van der Waals surface area contributed by atoms with Crippen LogP contribution in [0.4, 0.5) is 0 Å². The van der Waals surface area contributed by atoms with Gasteiger partial charge in [-0.2, -0.15) is 0 Å². The summed E-state index contributed by atoms with van der Waals surface area (Å²) in [6, 6.07) is 0. The normalized spacial score (nSPS) is 30.5. The Balaban J connectivity index is 2.28. The Kier molecular flexibility index (Phi) is 4.15. The van der Waals surface area contributed by atoms with Crippen molar-refractivity contribution in [3.8, 4) is 0 Å². The zero-order valence-corrected chi connectivity index (χ0v) is 9.88. The van der Waals surface area contributed by atoms with E-state index in [-0.39, 0.29) is 0 Å². The van der Waals surface area contributed by atoms with Crippen molar-refractivity contribution in [1.82, 2.24) is 0 Å². The Morgan fingerprint density at radius 2 is 2.00 bits per heavy atom. The second-order valence-electron chi connectivity index (χ2n) is 5.45. The molecule has 0 heterocycles. The van der Waals surface area contributed by atoms with Gasteiger partial charge in [-0.15, -0.1) is 0 Å². The Morgan fingerprint density at radius 3 is 2.50 bits per heavy atom. The largest absolute Gasteiger partial charge is 0.303 e. The first-order chi connectivity index (χ1) is 6.59. The predicted octanol–water partition coefficient (Wildman–Crippen LogP) is 3.82. The molecule has 0 amide bonds. The summed E-state index contributed by atoms with van der Waals surface area (Å²) in [5.74, 6) is 1.77. The number of unbranched alkanes of at least 4 members (excludes halogenated alkanes) is 2. The molecule has 82 valence electrons. The molecule has 0 spiro atoms. The van der Waals surface area contributed by atoms with E-state index in [4.69, 9.17) is 0 Å². The van der Waals surface area contributed by atoms with Crippen molar-refractivity contribution in [2.75, 3.05) is 0 Å². The van der Waals surface area contributed by atoms with Gasteiger partial charge in [0, 0.05) is 6.42 Å². The molecule has 0 aromatic carbocycles. The number of hydrogen-bond acceptors (Lipinski definition) is 1. The molecular formula is C13H24O. The van der Waals surface area contributed by atoms with E-state index < -0.39 is 0 Å². The molecule has 2 atom stereocenters. The van der Waals surface area contributed by atoms with Crippen molar-refractivity contribution < 1.29 is 4.79 Å². The molecule has 0 aliphatic heterocycles. The molecule has 0 aromatic rings. The van der Waals surface area contributed by atoms with Gasteiger partial charge in [0.25, 0.3) is 0 Å². The van der Waals surface area contributed by atoms with Crippen LogP contribution in [0.3, 0.4) is 0 Å². The molecule has 1 unspecified atom stereocenters. The smallest absolute Gasteiger partial charge is 0.119 e. The van der Waals surface area contributed by atoms with Crippen LogP contribution in [0.15, 0.2) is 0 Å². The van der Waals surface area contributed by atoms with Crippen molar-refractivity contribution in [2.45, 2.75) is 59.3 Å². The number of carbonyl (C=O) groups is 1. The maximum atomic E-state index is 10.2. The summed E-state index contributed by atoms with van der Waals surface area (Å²) >= 11 is 0. The quantitative estimate of drug-likeness (QED) is 0.482. The van der Waals surface area contributed by atoms with Crippen LogP contribution in [-0.4, -0.2) is 6.29 Å². The van der Waals surface area contributed by atoms with Crippen molar-refractivity contribution in [2.24, 2.45) is 17.3 Å². The van der Waals surface area contributed by atoms with E-state index in [0.29, 0.717) is 5.41 Å². The summed E-state index contributed by atoms with van der Waals surface area (Å²) in [5.41, 5.74) is 0.529. The number of carbonyl (C=O) groups excluding carboxylic acids is 1. The first-order valence-electron chi connectivity index (χ1n) is 6.02. The molecule has 0 aromatic heterocycles. The molecule has 1 nitrogen and oxygen atoms in total. The van der Waals surface area contributed by atoms with Gasteiger partial charge in [0.2, 0.25) is 0 Å². The van der Waals surface area contributed by atoms with Gasteiger partial charge < -0.3 is 4.79 Å². The SMILES string of the molecule is CC1CC[C@@H](CCCCC=O)C1(C)C. The molecule has 1 aliphatic rings. The summed E-state index contributed by atoms with van der Waals surface area (Å²) in [6.45, 7) is 7.20. The molecule has 1 rings (SSSR count). The molecule has 1 saturated carbocycles. The molecule has 1 heteroatoms. The highest BCUT2D eigenvalue weighted by Gasteiger charge is 2.39. The van der Waals surface area contributed by atoms with Crippen LogP contribution in [0.25, 0.3) is 0 Å². The van der Waals surface area contributed by atoms with Crippen molar-refractivity contribution in [1.29, 1.82) is 0 Å². The number of aldehydes is 1. The van der Waals surface area contributed by atoms with E-state index in [9.17, 15) is 4.79 Å². The third kappa shape index (κ3) is 2.59. The fraction of sp³-hybridized carbons (Fsp3) is 0.923. The van der Waals surface area contributed by atoms with E-state index in [1.54, 1.807) is 0 Å². The highest BCUT2D eigenvalue weighted by Crippen LogP contribution is 2.49. The Labute approximate surface area is 88.3 Å². The van der Waals surface area contributed by atoms with Crippen molar-refractivity contribution in [3.63, 3.8) is 0 Å². The zero-order valence-electron chi connectivity index (χ0n) is 9.88.